The molecule has 0 aromatic rings. The molecule has 0 radical (unpaired) electrons. The number of thioether (sulfide) groups is 1. The van der Waals surface area contributed by atoms with E-state index in [1.165, 1.54) is 24.6 Å². The van der Waals surface area contributed by atoms with Crippen molar-refractivity contribution in [3.63, 3.8) is 0 Å². The van der Waals surface area contributed by atoms with E-state index in [1.54, 1.807) is 5.01 Å². The van der Waals surface area contributed by atoms with Gasteiger partial charge in [-0.15, -0.1) is 0 Å². The van der Waals surface area contributed by atoms with Gasteiger partial charge in [0.15, 0.2) is 0 Å². The lowest BCUT2D eigenvalue weighted by atomic mass is 9.83. The maximum absolute atomic E-state index is 12.0. The van der Waals surface area contributed by atoms with Crippen molar-refractivity contribution < 1.29 is 4.79 Å². The van der Waals surface area contributed by atoms with Gasteiger partial charge < -0.3 is 0 Å². The average molecular weight is 254 g/mol. The molecule has 0 aromatic carbocycles. The number of carbonyl (C=O) groups is 1. The molecule has 94 valence electrons. The molecule has 3 aliphatic rings. The number of nitrogens with zero attached hydrogens (tertiary/aromatic N) is 2. The van der Waals surface area contributed by atoms with E-state index in [2.05, 4.69) is 22.9 Å². The van der Waals surface area contributed by atoms with Crippen molar-refractivity contribution in [2.75, 3.05) is 0 Å². The highest BCUT2D eigenvalue weighted by atomic mass is 32.2. The van der Waals surface area contributed by atoms with Crippen LogP contribution in [0.5, 0.6) is 0 Å². The van der Waals surface area contributed by atoms with E-state index in [1.807, 2.05) is 6.92 Å². The normalized spacial score (nSPS) is 41.2. The van der Waals surface area contributed by atoms with Gasteiger partial charge in [0.1, 0.15) is 5.66 Å². The zero-order valence-electron chi connectivity index (χ0n) is 10.2. The Morgan fingerprint density at radius 2 is 2.12 bits per heavy atom. The van der Waals surface area contributed by atoms with Gasteiger partial charge in [-0.25, -0.2) is 5.01 Å². The molecule has 1 spiro atoms. The van der Waals surface area contributed by atoms with Crippen molar-refractivity contribution in [1.82, 2.24) is 15.9 Å². The molecule has 2 aliphatic heterocycles. The number of hydrazine groups is 1. The van der Waals surface area contributed by atoms with Gasteiger partial charge in [-0.1, -0.05) is 18.7 Å². The molecule has 17 heavy (non-hydrogen) atoms. The maximum atomic E-state index is 12.0. The number of nitrogens with one attached hydrogen (secondary N) is 2. The number of amides is 1. The molecule has 2 heterocycles. The number of hydrogen-bond acceptors (Lipinski definition) is 5. The first-order valence-electron chi connectivity index (χ1n) is 6.23. The Labute approximate surface area is 105 Å². The van der Waals surface area contributed by atoms with E-state index in [9.17, 15) is 4.79 Å². The van der Waals surface area contributed by atoms with Gasteiger partial charge in [-0.2, -0.15) is 10.5 Å². The maximum Gasteiger partial charge on any atom is 0.256 e. The fourth-order valence-electron chi connectivity index (χ4n) is 2.59. The summed E-state index contributed by atoms with van der Waals surface area (Å²) in [5.41, 5.74) is 6.38. The largest absolute Gasteiger partial charge is 0.286 e. The lowest BCUT2D eigenvalue weighted by Gasteiger charge is -2.44. The van der Waals surface area contributed by atoms with Crippen LogP contribution in [0.2, 0.25) is 0 Å². The quantitative estimate of drug-likeness (QED) is 0.683. The summed E-state index contributed by atoms with van der Waals surface area (Å²) in [6.07, 6.45) is 4.40. The Hall–Kier alpha value is -0.750. The second-order valence-electron chi connectivity index (χ2n) is 5.32. The van der Waals surface area contributed by atoms with E-state index >= 15 is 0 Å². The monoisotopic (exact) mass is 254 g/mol. The molecule has 1 amide bonds. The summed E-state index contributed by atoms with van der Waals surface area (Å²) < 4.78 is 0. The van der Waals surface area contributed by atoms with Crippen LogP contribution in [-0.4, -0.2) is 27.0 Å². The third-order valence-corrected chi connectivity index (χ3v) is 4.90. The summed E-state index contributed by atoms with van der Waals surface area (Å²) in [5.74, 6) is 0.894. The first-order chi connectivity index (χ1) is 8.10. The lowest BCUT2D eigenvalue weighted by Crippen LogP contribution is -2.67. The smallest absolute Gasteiger partial charge is 0.256 e. The highest BCUT2D eigenvalue weighted by molar-refractivity contribution is 8.15. The van der Waals surface area contributed by atoms with Crippen LogP contribution in [0, 0.1) is 5.92 Å². The van der Waals surface area contributed by atoms with Crippen LogP contribution < -0.4 is 10.9 Å². The van der Waals surface area contributed by atoms with Gasteiger partial charge in [0.05, 0.1) is 5.25 Å². The van der Waals surface area contributed by atoms with E-state index in [0.29, 0.717) is 0 Å². The molecule has 1 saturated carbocycles. The summed E-state index contributed by atoms with van der Waals surface area (Å²) in [4.78, 5) is 12.0. The summed E-state index contributed by atoms with van der Waals surface area (Å²) in [7, 11) is 0. The van der Waals surface area contributed by atoms with Crippen LogP contribution in [0.3, 0.4) is 0 Å². The Morgan fingerprint density at radius 3 is 2.82 bits per heavy atom. The molecule has 1 atom stereocenters. The second kappa shape index (κ2) is 3.88. The molecule has 2 N–H and O–H groups in total. The second-order valence-corrected chi connectivity index (χ2v) is 6.62. The van der Waals surface area contributed by atoms with Crippen molar-refractivity contribution in [3.8, 4) is 0 Å². The number of rotatable bonds is 0. The van der Waals surface area contributed by atoms with E-state index < -0.39 is 0 Å². The number of amidine groups is 1. The van der Waals surface area contributed by atoms with Crippen LogP contribution in [0.25, 0.3) is 0 Å². The highest BCUT2D eigenvalue weighted by Crippen LogP contribution is 2.35. The molecule has 0 aromatic heterocycles. The minimum atomic E-state index is -0.198. The predicted octanol–water partition coefficient (Wildman–Crippen LogP) is 1.24. The molecule has 5 nitrogen and oxygen atoms in total. The standard InChI is InChI=1S/C11H18N4OS/c1-7-3-5-11(6-4-7)13-12-10-15(14-11)9(16)8(2)17-10/h7-8,13-14H,3-6H2,1-2H3/t7?,8-,11?/m1/s1. The zero-order valence-corrected chi connectivity index (χ0v) is 11.0. The third-order valence-electron chi connectivity index (χ3n) is 3.86. The minimum absolute atomic E-state index is 0.0271. The Balaban J connectivity index is 1.79. The fourth-order valence-corrected chi connectivity index (χ4v) is 3.45. The summed E-state index contributed by atoms with van der Waals surface area (Å²) >= 11 is 1.51. The Morgan fingerprint density at radius 1 is 1.41 bits per heavy atom. The van der Waals surface area contributed by atoms with Gasteiger partial charge in [0.2, 0.25) is 5.17 Å². The molecule has 6 heteroatoms. The van der Waals surface area contributed by atoms with E-state index in [0.717, 1.165) is 23.9 Å². The minimum Gasteiger partial charge on any atom is -0.286 e. The van der Waals surface area contributed by atoms with Gasteiger partial charge in [0.25, 0.3) is 5.91 Å². The predicted molar refractivity (Wildman–Crippen MR) is 68.0 cm³/mol. The van der Waals surface area contributed by atoms with Gasteiger partial charge in [-0.3, -0.25) is 10.2 Å². The van der Waals surface area contributed by atoms with Crippen LogP contribution >= 0.6 is 11.8 Å². The van der Waals surface area contributed by atoms with Crippen LogP contribution in [0.1, 0.15) is 39.5 Å². The fraction of sp³-hybridized carbons (Fsp3) is 0.818. The van der Waals surface area contributed by atoms with E-state index in [-0.39, 0.29) is 16.8 Å². The van der Waals surface area contributed by atoms with Crippen LogP contribution in [0.15, 0.2) is 5.10 Å². The van der Waals surface area contributed by atoms with Gasteiger partial charge in [0, 0.05) is 0 Å². The van der Waals surface area contributed by atoms with Crippen molar-refractivity contribution in [2.45, 2.75) is 50.4 Å². The number of hydrogen-bond donors (Lipinski definition) is 2. The van der Waals surface area contributed by atoms with Crippen molar-refractivity contribution in [2.24, 2.45) is 11.0 Å². The molecular weight excluding hydrogens is 236 g/mol. The average Bonchev–Trinajstić information content (AvgIpc) is 2.60. The van der Waals surface area contributed by atoms with Crippen LogP contribution in [-0.2, 0) is 4.79 Å². The first kappa shape index (κ1) is 11.3. The van der Waals surface area contributed by atoms with Crippen molar-refractivity contribution >= 4 is 22.8 Å². The summed E-state index contributed by atoms with van der Waals surface area (Å²) in [5, 5.41) is 6.74. The molecule has 0 bridgehead atoms. The number of fused-ring (bicyclic) bond motifs is 1. The SMILES string of the molecule is CC1CCC2(CC1)NN=C1S[C@H](C)C(=O)N1N2. The lowest BCUT2D eigenvalue weighted by molar-refractivity contribution is -0.131. The summed E-state index contributed by atoms with van der Waals surface area (Å²) in [6, 6.07) is 0. The van der Waals surface area contributed by atoms with Crippen molar-refractivity contribution in [3.05, 3.63) is 0 Å². The van der Waals surface area contributed by atoms with Crippen molar-refractivity contribution in [1.29, 1.82) is 0 Å². The van der Waals surface area contributed by atoms with E-state index in [4.69, 9.17) is 0 Å². The molecule has 0 unspecified atom stereocenters. The number of hydrazone groups is 1. The van der Waals surface area contributed by atoms with Crippen LogP contribution in [0.4, 0.5) is 0 Å². The third kappa shape index (κ3) is 1.83. The topological polar surface area (TPSA) is 56.7 Å². The molecule has 1 aliphatic carbocycles. The highest BCUT2D eigenvalue weighted by Gasteiger charge is 2.45. The summed E-state index contributed by atoms with van der Waals surface area (Å²) in [6.45, 7) is 4.20. The first-order valence-corrected chi connectivity index (χ1v) is 7.11. The zero-order chi connectivity index (χ0) is 12.0. The molecule has 3 rings (SSSR count). The van der Waals surface area contributed by atoms with Gasteiger partial charge >= 0.3 is 0 Å². The Kier molecular flexibility index (Phi) is 2.59. The molecule has 2 fully saturated rings. The molecular formula is C11H18N4OS. The van der Waals surface area contributed by atoms with Gasteiger partial charge in [-0.05, 0) is 38.5 Å². The number of carbonyl (C=O) groups excluding carboxylic acids is 1. The molecule has 1 saturated heterocycles. The Bertz CT molecular complexity index is 376.